The fourth-order valence-corrected chi connectivity index (χ4v) is 6.03. The minimum Gasteiger partial charge on any atom is -0.481 e. The largest absolute Gasteiger partial charge is 0.481 e. The van der Waals surface area contributed by atoms with Crippen LogP contribution in [0.2, 0.25) is 5.02 Å². The highest BCUT2D eigenvalue weighted by molar-refractivity contribution is 7.11. The standard InChI is InChI=1S/C27H26ClF2N5O4S/c1-3-39-27(38)20-23(14-4-7-18-16(12-14)13(2)35(34-18)10-8-19(36)37)32-25(26-31-9-11-40-26)33-24(20)15-5-6-17(29)22(30)21(15)28/h5-6,9,11,14,24H,3-4,7-8,10,12H2,1-2H3,(H,32,33)(H,36,37). The molecule has 1 aromatic carbocycles. The summed E-state index contributed by atoms with van der Waals surface area (Å²) >= 11 is 7.62. The maximum atomic E-state index is 14.6. The molecule has 2 aromatic heterocycles. The normalized spacial score (nSPS) is 18.7. The van der Waals surface area contributed by atoms with Crippen LogP contribution < -0.4 is 5.32 Å². The van der Waals surface area contributed by atoms with Crippen LogP contribution in [-0.2, 0) is 33.7 Å². The molecule has 0 fully saturated rings. The topological polar surface area (TPSA) is 119 Å². The molecule has 2 aliphatic rings. The number of carbonyl (C=O) groups excluding carboxylic acids is 1. The number of rotatable bonds is 8. The number of hydrogen-bond acceptors (Lipinski definition) is 8. The minimum absolute atomic E-state index is 0.0468. The van der Waals surface area contributed by atoms with Gasteiger partial charge in [-0.15, -0.1) is 11.3 Å². The van der Waals surface area contributed by atoms with Gasteiger partial charge in [-0.05, 0) is 44.7 Å². The van der Waals surface area contributed by atoms with Crippen molar-refractivity contribution in [2.75, 3.05) is 6.61 Å². The zero-order chi connectivity index (χ0) is 28.6. The van der Waals surface area contributed by atoms with Crippen LogP contribution in [0.5, 0.6) is 0 Å². The average Bonchev–Trinajstić information content (AvgIpc) is 3.58. The van der Waals surface area contributed by atoms with Gasteiger partial charge in [-0.3, -0.25) is 14.5 Å². The quantitative estimate of drug-likeness (QED) is 0.287. The van der Waals surface area contributed by atoms with Crippen molar-refractivity contribution in [1.82, 2.24) is 20.1 Å². The van der Waals surface area contributed by atoms with Crippen molar-refractivity contribution in [2.45, 2.75) is 52.1 Å². The molecule has 210 valence electrons. The van der Waals surface area contributed by atoms with Crippen LogP contribution in [0.25, 0.3) is 0 Å². The number of aliphatic imine (C=N–C) groups is 1. The van der Waals surface area contributed by atoms with E-state index >= 15 is 0 Å². The molecule has 1 aliphatic heterocycles. The maximum Gasteiger partial charge on any atom is 0.338 e. The predicted octanol–water partition coefficient (Wildman–Crippen LogP) is 4.77. The molecule has 9 nitrogen and oxygen atoms in total. The average molecular weight is 590 g/mol. The van der Waals surface area contributed by atoms with Crippen LogP contribution in [0.4, 0.5) is 8.78 Å². The number of esters is 1. The second-order valence-electron chi connectivity index (χ2n) is 9.47. The van der Waals surface area contributed by atoms with E-state index in [0.717, 1.165) is 23.0 Å². The molecule has 0 radical (unpaired) electrons. The lowest BCUT2D eigenvalue weighted by Gasteiger charge is -2.33. The lowest BCUT2D eigenvalue weighted by molar-refractivity contribution is -0.139. The Morgan fingerprint density at radius 1 is 1.32 bits per heavy atom. The number of aryl methyl sites for hydroxylation is 2. The van der Waals surface area contributed by atoms with Gasteiger partial charge in [-0.25, -0.2) is 18.6 Å². The van der Waals surface area contributed by atoms with Gasteiger partial charge in [0.25, 0.3) is 0 Å². The van der Waals surface area contributed by atoms with E-state index < -0.39 is 34.6 Å². The number of halogens is 3. The Bertz CT molecular complexity index is 1540. The lowest BCUT2D eigenvalue weighted by Crippen LogP contribution is -2.38. The van der Waals surface area contributed by atoms with Crippen molar-refractivity contribution in [2.24, 2.45) is 10.9 Å². The third kappa shape index (κ3) is 5.25. The molecule has 0 saturated heterocycles. The van der Waals surface area contributed by atoms with E-state index in [9.17, 15) is 18.4 Å². The second kappa shape index (κ2) is 11.5. The Morgan fingerprint density at radius 3 is 2.83 bits per heavy atom. The van der Waals surface area contributed by atoms with Crippen molar-refractivity contribution >= 4 is 40.7 Å². The first-order valence-corrected chi connectivity index (χ1v) is 14.0. The molecular weight excluding hydrogens is 564 g/mol. The summed E-state index contributed by atoms with van der Waals surface area (Å²) in [5, 5.41) is 18.9. The van der Waals surface area contributed by atoms with E-state index in [0.29, 0.717) is 35.8 Å². The Kier molecular flexibility index (Phi) is 7.99. The molecule has 0 amide bonds. The molecular formula is C27H26ClF2N5O4S. The molecule has 2 unspecified atom stereocenters. The van der Waals surface area contributed by atoms with Crippen LogP contribution in [0.3, 0.4) is 0 Å². The number of aromatic nitrogens is 3. The summed E-state index contributed by atoms with van der Waals surface area (Å²) < 4.78 is 35.7. The van der Waals surface area contributed by atoms with Gasteiger partial charge in [0, 0.05) is 34.4 Å². The van der Waals surface area contributed by atoms with Crippen molar-refractivity contribution in [1.29, 1.82) is 0 Å². The van der Waals surface area contributed by atoms with E-state index in [4.69, 9.17) is 26.4 Å². The number of fused-ring (bicyclic) bond motifs is 1. The Balaban J connectivity index is 1.62. The van der Waals surface area contributed by atoms with Crippen molar-refractivity contribution < 1.29 is 28.2 Å². The van der Waals surface area contributed by atoms with E-state index in [1.807, 2.05) is 6.92 Å². The fraction of sp³-hybridized carbons (Fsp3) is 0.370. The first-order valence-electron chi connectivity index (χ1n) is 12.8. The van der Waals surface area contributed by atoms with Crippen LogP contribution in [0, 0.1) is 24.5 Å². The summed E-state index contributed by atoms with van der Waals surface area (Å²) in [5.41, 5.74) is 3.59. The van der Waals surface area contributed by atoms with Crippen LogP contribution in [0.1, 0.15) is 53.3 Å². The van der Waals surface area contributed by atoms with Gasteiger partial charge in [-0.1, -0.05) is 17.7 Å². The number of allylic oxidation sites excluding steroid dienone is 1. The van der Waals surface area contributed by atoms with E-state index in [-0.39, 0.29) is 36.6 Å². The molecule has 2 atom stereocenters. The SMILES string of the molecule is CCOC(=O)C1=C(C2CCc3nn(CCC(=O)O)c(C)c3C2)NC(c2nccs2)=NC1c1ccc(F)c(F)c1Cl. The fourth-order valence-electron chi connectivity index (χ4n) is 5.18. The number of carboxylic acids is 1. The Hall–Kier alpha value is -3.64. The summed E-state index contributed by atoms with van der Waals surface area (Å²) in [5.74, 6) is -3.71. The molecule has 0 saturated carbocycles. The number of ether oxygens (including phenoxy) is 1. The van der Waals surface area contributed by atoms with Crippen molar-refractivity contribution in [3.63, 3.8) is 0 Å². The van der Waals surface area contributed by atoms with E-state index in [1.54, 1.807) is 23.2 Å². The first kappa shape index (κ1) is 27.9. The molecule has 0 spiro atoms. The highest BCUT2D eigenvalue weighted by Crippen LogP contribution is 2.42. The number of amidine groups is 1. The monoisotopic (exact) mass is 589 g/mol. The minimum atomic E-state index is -1.22. The van der Waals surface area contributed by atoms with Crippen LogP contribution in [0.15, 0.2) is 40.0 Å². The number of benzene rings is 1. The molecule has 0 bridgehead atoms. The second-order valence-corrected chi connectivity index (χ2v) is 10.7. The molecule has 1 aliphatic carbocycles. The highest BCUT2D eigenvalue weighted by atomic mass is 35.5. The van der Waals surface area contributed by atoms with Gasteiger partial charge < -0.3 is 15.2 Å². The smallest absolute Gasteiger partial charge is 0.338 e. The summed E-state index contributed by atoms with van der Waals surface area (Å²) in [6.07, 6.45) is 3.31. The van der Waals surface area contributed by atoms with Gasteiger partial charge in [0.1, 0.15) is 6.04 Å². The van der Waals surface area contributed by atoms with Gasteiger partial charge in [0.15, 0.2) is 22.5 Å². The van der Waals surface area contributed by atoms with Gasteiger partial charge in [0.05, 0.1) is 35.9 Å². The van der Waals surface area contributed by atoms with E-state index in [1.165, 1.54) is 17.4 Å². The number of aliphatic carboxylic acids is 1. The number of carboxylic acid groups (broad SMARTS) is 1. The van der Waals surface area contributed by atoms with Gasteiger partial charge in [-0.2, -0.15) is 5.10 Å². The zero-order valence-corrected chi connectivity index (χ0v) is 23.3. The molecule has 3 aromatic rings. The van der Waals surface area contributed by atoms with E-state index in [2.05, 4.69) is 15.4 Å². The number of carbonyl (C=O) groups is 2. The van der Waals surface area contributed by atoms with Crippen molar-refractivity contribution in [3.05, 3.63) is 79.2 Å². The van der Waals surface area contributed by atoms with Crippen LogP contribution >= 0.6 is 22.9 Å². The molecule has 5 rings (SSSR count). The summed E-state index contributed by atoms with van der Waals surface area (Å²) in [4.78, 5) is 33.6. The lowest BCUT2D eigenvalue weighted by atomic mass is 9.80. The summed E-state index contributed by atoms with van der Waals surface area (Å²) in [7, 11) is 0. The molecule has 40 heavy (non-hydrogen) atoms. The highest BCUT2D eigenvalue weighted by Gasteiger charge is 2.39. The summed E-state index contributed by atoms with van der Waals surface area (Å²) in [6.45, 7) is 3.93. The number of hydrogen-bond donors (Lipinski definition) is 2. The maximum absolute atomic E-state index is 14.6. The third-order valence-corrected chi connectivity index (χ3v) is 8.27. The zero-order valence-electron chi connectivity index (χ0n) is 21.7. The predicted molar refractivity (Wildman–Crippen MR) is 144 cm³/mol. The Morgan fingerprint density at radius 2 is 2.12 bits per heavy atom. The first-order chi connectivity index (χ1) is 19.2. The third-order valence-electron chi connectivity index (χ3n) is 7.10. The molecule has 3 heterocycles. The molecule has 13 heteroatoms. The van der Waals surface area contributed by atoms with Crippen LogP contribution in [-0.4, -0.2) is 44.3 Å². The molecule has 2 N–H and O–H groups in total. The Labute approximate surface area is 237 Å². The van der Waals surface area contributed by atoms with Crippen molar-refractivity contribution in [3.8, 4) is 0 Å². The number of nitrogens with one attached hydrogen (secondary N) is 1. The number of thiazole rings is 1. The van der Waals surface area contributed by atoms with Gasteiger partial charge in [0.2, 0.25) is 0 Å². The van der Waals surface area contributed by atoms with Gasteiger partial charge >= 0.3 is 11.9 Å². The number of nitrogens with zero attached hydrogens (tertiary/aromatic N) is 4. The summed E-state index contributed by atoms with van der Waals surface area (Å²) in [6, 6.07) is 1.21.